The number of fused-ring (bicyclic) bond motifs is 1. The minimum absolute atomic E-state index is 0.0162. The number of benzene rings is 1. The Morgan fingerprint density at radius 1 is 1.18 bits per heavy atom. The third kappa shape index (κ3) is 4.22. The number of urea groups is 1. The van der Waals surface area contributed by atoms with Gasteiger partial charge in [0, 0.05) is 45.0 Å². The monoisotopic (exact) mass is 524 g/mol. The third-order valence-electron chi connectivity index (χ3n) is 7.91. The molecule has 1 unspecified atom stereocenters. The van der Waals surface area contributed by atoms with Crippen molar-refractivity contribution in [3.8, 4) is 0 Å². The summed E-state index contributed by atoms with van der Waals surface area (Å²) in [5.74, 6) is -0.315. The van der Waals surface area contributed by atoms with Gasteiger partial charge in [0.2, 0.25) is 5.91 Å². The molecule has 3 fully saturated rings. The maximum absolute atomic E-state index is 14.6. The number of likely N-dealkylation sites (N-methyl/N-ethyl adjacent to an activating group) is 1. The second-order valence-electron chi connectivity index (χ2n) is 10.3. The van der Waals surface area contributed by atoms with Crippen LogP contribution in [0.4, 0.5) is 25.1 Å². The number of hydrogen-bond donors (Lipinski definition) is 2. The first kappa shape index (κ1) is 24.5. The summed E-state index contributed by atoms with van der Waals surface area (Å²) >= 11 is 0. The topological polar surface area (TPSA) is 98.1 Å². The standard InChI is InChI=1S/C26H30F2N8O2/c1-33-10-3-9-29-26(24(33)37)8-13-34(16-26)25(38)31-20-15-30-36-12-7-22(32-23(20)36)35-11-2-4-21(35)18-14-17(27)5-6-19(18)28/h5-7,12,14-15,21,29H,2-4,8-11,13,16H2,1H3,(H,31,38)/t21-,26?/m1/s1. The fourth-order valence-corrected chi connectivity index (χ4v) is 5.92. The maximum atomic E-state index is 14.6. The highest BCUT2D eigenvalue weighted by molar-refractivity contribution is 5.95. The number of amides is 3. The first-order valence-corrected chi connectivity index (χ1v) is 13.0. The Balaban J connectivity index is 1.22. The highest BCUT2D eigenvalue weighted by Gasteiger charge is 2.48. The molecule has 0 saturated carbocycles. The molecule has 200 valence electrons. The molecular weight excluding hydrogens is 494 g/mol. The van der Waals surface area contributed by atoms with E-state index in [-0.39, 0.29) is 24.5 Å². The lowest BCUT2D eigenvalue weighted by molar-refractivity contribution is -0.135. The van der Waals surface area contributed by atoms with Gasteiger partial charge >= 0.3 is 6.03 Å². The highest BCUT2D eigenvalue weighted by Crippen LogP contribution is 2.37. The SMILES string of the molecule is CN1CCCNC2(CCN(C(=O)Nc3cnn4ccc(N5CCC[C@@H]5c5cc(F)ccc5F)nc34)C2)C1=O. The summed E-state index contributed by atoms with van der Waals surface area (Å²) in [6, 6.07) is 4.63. The van der Waals surface area contributed by atoms with Crippen LogP contribution in [0.25, 0.3) is 5.65 Å². The summed E-state index contributed by atoms with van der Waals surface area (Å²) in [5, 5.41) is 10.6. The molecular formula is C26H30F2N8O2. The fourth-order valence-electron chi connectivity index (χ4n) is 5.92. The van der Waals surface area contributed by atoms with Gasteiger partial charge < -0.3 is 25.3 Å². The van der Waals surface area contributed by atoms with Crippen LogP contribution < -0.4 is 15.5 Å². The van der Waals surface area contributed by atoms with Crippen LogP contribution in [0.15, 0.2) is 36.7 Å². The molecule has 10 nitrogen and oxygen atoms in total. The lowest BCUT2D eigenvalue weighted by atomic mass is 9.97. The molecule has 2 atom stereocenters. The average Bonchev–Trinajstić information content (AvgIpc) is 3.64. The second kappa shape index (κ2) is 9.50. The molecule has 38 heavy (non-hydrogen) atoms. The number of halogens is 2. The fraction of sp³-hybridized carbons (Fsp3) is 0.462. The van der Waals surface area contributed by atoms with E-state index in [2.05, 4.69) is 15.7 Å². The minimum Gasteiger partial charge on any atom is -0.349 e. The van der Waals surface area contributed by atoms with Gasteiger partial charge in [0.05, 0.1) is 12.2 Å². The molecule has 2 N–H and O–H groups in total. The predicted octanol–water partition coefficient (Wildman–Crippen LogP) is 2.78. The number of anilines is 2. The lowest BCUT2D eigenvalue weighted by Crippen LogP contribution is -2.57. The van der Waals surface area contributed by atoms with E-state index in [1.54, 1.807) is 33.6 Å². The third-order valence-corrected chi connectivity index (χ3v) is 7.91. The highest BCUT2D eigenvalue weighted by atomic mass is 19.1. The zero-order chi connectivity index (χ0) is 26.4. The van der Waals surface area contributed by atoms with Gasteiger partial charge in [0.1, 0.15) is 28.7 Å². The van der Waals surface area contributed by atoms with E-state index in [0.717, 1.165) is 31.5 Å². The first-order chi connectivity index (χ1) is 18.3. The predicted molar refractivity (Wildman–Crippen MR) is 137 cm³/mol. The second-order valence-corrected chi connectivity index (χ2v) is 10.3. The minimum atomic E-state index is -0.758. The van der Waals surface area contributed by atoms with Crippen molar-refractivity contribution in [2.75, 3.05) is 50.0 Å². The molecule has 3 saturated heterocycles. The molecule has 0 bridgehead atoms. The Bertz CT molecular complexity index is 1400. The first-order valence-electron chi connectivity index (χ1n) is 13.0. The Hall–Kier alpha value is -3.80. The summed E-state index contributed by atoms with van der Waals surface area (Å²) in [4.78, 5) is 36.3. The maximum Gasteiger partial charge on any atom is 0.322 e. The van der Waals surface area contributed by atoms with Crippen LogP contribution in [0.2, 0.25) is 0 Å². The Kier molecular flexibility index (Phi) is 6.13. The van der Waals surface area contributed by atoms with Gasteiger partial charge in [0.25, 0.3) is 0 Å². The molecule has 1 spiro atoms. The van der Waals surface area contributed by atoms with Crippen molar-refractivity contribution < 1.29 is 18.4 Å². The number of likely N-dealkylation sites (tertiary alicyclic amines) is 1. The van der Waals surface area contributed by atoms with Crippen LogP contribution in [-0.2, 0) is 4.79 Å². The van der Waals surface area contributed by atoms with Gasteiger partial charge in [-0.25, -0.2) is 23.1 Å². The quantitative estimate of drug-likeness (QED) is 0.547. The summed E-state index contributed by atoms with van der Waals surface area (Å²) in [6.45, 7) is 2.80. The van der Waals surface area contributed by atoms with Crippen molar-refractivity contribution >= 4 is 29.1 Å². The van der Waals surface area contributed by atoms with Crippen molar-refractivity contribution in [2.24, 2.45) is 0 Å². The van der Waals surface area contributed by atoms with Gasteiger partial charge in [0.15, 0.2) is 5.65 Å². The van der Waals surface area contributed by atoms with Crippen LogP contribution in [0.5, 0.6) is 0 Å². The van der Waals surface area contributed by atoms with Crippen LogP contribution >= 0.6 is 0 Å². The molecule has 0 aliphatic carbocycles. The molecule has 1 aromatic carbocycles. The van der Waals surface area contributed by atoms with E-state index in [0.29, 0.717) is 55.2 Å². The molecule has 12 heteroatoms. The normalized spacial score (nSPS) is 24.0. The van der Waals surface area contributed by atoms with Crippen molar-refractivity contribution in [1.29, 1.82) is 0 Å². The van der Waals surface area contributed by atoms with Gasteiger partial charge in [-0.3, -0.25) is 4.79 Å². The van der Waals surface area contributed by atoms with Gasteiger partial charge in [-0.15, -0.1) is 0 Å². The Morgan fingerprint density at radius 3 is 2.92 bits per heavy atom. The van der Waals surface area contributed by atoms with Crippen molar-refractivity contribution in [3.63, 3.8) is 0 Å². The number of nitrogens with one attached hydrogen (secondary N) is 2. The Morgan fingerprint density at radius 2 is 2.05 bits per heavy atom. The van der Waals surface area contributed by atoms with Gasteiger partial charge in [-0.2, -0.15) is 5.10 Å². The van der Waals surface area contributed by atoms with Crippen LogP contribution in [-0.4, -0.2) is 81.6 Å². The van der Waals surface area contributed by atoms with E-state index in [9.17, 15) is 18.4 Å². The van der Waals surface area contributed by atoms with E-state index in [1.165, 1.54) is 12.3 Å². The zero-order valence-electron chi connectivity index (χ0n) is 21.2. The summed E-state index contributed by atoms with van der Waals surface area (Å²) < 4.78 is 30.0. The molecule has 6 rings (SSSR count). The molecule has 3 aliphatic rings. The number of hydrogen-bond acceptors (Lipinski definition) is 6. The van der Waals surface area contributed by atoms with Crippen LogP contribution in [0.3, 0.4) is 0 Å². The molecule has 3 amide bonds. The van der Waals surface area contributed by atoms with E-state index >= 15 is 0 Å². The number of aromatic nitrogens is 3. The summed E-state index contributed by atoms with van der Waals surface area (Å²) in [7, 11) is 1.80. The molecule has 5 heterocycles. The van der Waals surface area contributed by atoms with Crippen LogP contribution in [0, 0.1) is 11.6 Å². The largest absolute Gasteiger partial charge is 0.349 e. The molecule has 3 aliphatic heterocycles. The zero-order valence-corrected chi connectivity index (χ0v) is 21.2. The van der Waals surface area contributed by atoms with E-state index in [1.807, 2.05) is 4.90 Å². The molecule has 3 aromatic rings. The lowest BCUT2D eigenvalue weighted by Gasteiger charge is -2.30. The summed E-state index contributed by atoms with van der Waals surface area (Å²) in [6.07, 6.45) is 6.18. The number of carbonyl (C=O) groups excluding carboxylic acids is 2. The van der Waals surface area contributed by atoms with Crippen molar-refractivity contribution in [1.82, 2.24) is 29.7 Å². The van der Waals surface area contributed by atoms with Crippen molar-refractivity contribution in [3.05, 3.63) is 53.9 Å². The van der Waals surface area contributed by atoms with E-state index < -0.39 is 17.2 Å². The number of rotatable bonds is 3. The molecule has 2 aromatic heterocycles. The summed E-state index contributed by atoms with van der Waals surface area (Å²) in [5.41, 5.74) is 0.425. The Labute approximate surface area is 218 Å². The molecule has 0 radical (unpaired) electrons. The van der Waals surface area contributed by atoms with Gasteiger partial charge in [-0.05, 0) is 56.5 Å². The van der Waals surface area contributed by atoms with E-state index in [4.69, 9.17) is 4.98 Å². The van der Waals surface area contributed by atoms with Gasteiger partial charge in [-0.1, -0.05) is 0 Å². The number of carbonyl (C=O) groups is 2. The number of nitrogens with zero attached hydrogens (tertiary/aromatic N) is 6. The van der Waals surface area contributed by atoms with Crippen LogP contribution in [0.1, 0.15) is 37.3 Å². The van der Waals surface area contributed by atoms with Crippen molar-refractivity contribution in [2.45, 2.75) is 37.3 Å². The average molecular weight is 525 g/mol. The smallest absolute Gasteiger partial charge is 0.322 e.